The summed E-state index contributed by atoms with van der Waals surface area (Å²) in [6.07, 6.45) is 34.0. The van der Waals surface area contributed by atoms with Crippen molar-refractivity contribution in [2.75, 3.05) is 13.2 Å². The van der Waals surface area contributed by atoms with Crippen LogP contribution in [0.1, 0.15) is 202 Å². The summed E-state index contributed by atoms with van der Waals surface area (Å²) in [4.78, 5) is 0. The lowest BCUT2D eigenvalue weighted by Crippen LogP contribution is -2.25. The Morgan fingerprint density at radius 2 is 0.830 bits per heavy atom. The molecule has 0 saturated heterocycles. The van der Waals surface area contributed by atoms with Crippen LogP contribution < -0.4 is 0 Å². The van der Waals surface area contributed by atoms with E-state index >= 15 is 8.78 Å². The number of ether oxygens (including phenoxy) is 1. The maximum Gasteiger partial charge on any atom is 0.126 e. The Morgan fingerprint density at radius 1 is 0.472 bits per heavy atom. The van der Waals surface area contributed by atoms with E-state index in [1.807, 2.05) is 24.3 Å². The molecule has 296 valence electrons. The highest BCUT2D eigenvalue weighted by Crippen LogP contribution is 2.46. The van der Waals surface area contributed by atoms with Gasteiger partial charge in [0.2, 0.25) is 0 Å². The lowest BCUT2D eigenvalue weighted by atomic mass is 9.68. The molecule has 0 heterocycles. The lowest BCUT2D eigenvalue weighted by molar-refractivity contribution is 0.139. The van der Waals surface area contributed by atoms with Crippen molar-refractivity contribution < 1.29 is 13.5 Å². The molecule has 2 aromatic carbocycles. The number of hydrogen-bond acceptors (Lipinski definition) is 1. The summed E-state index contributed by atoms with van der Waals surface area (Å²) >= 11 is 0. The van der Waals surface area contributed by atoms with Crippen LogP contribution in [0.4, 0.5) is 8.78 Å². The van der Waals surface area contributed by atoms with Crippen LogP contribution in [0, 0.1) is 47.1 Å². The van der Waals surface area contributed by atoms with Crippen LogP contribution in [-0.2, 0) is 17.6 Å². The molecule has 0 unspecified atom stereocenters. The molecule has 4 saturated carbocycles. The van der Waals surface area contributed by atoms with Crippen molar-refractivity contribution in [2.45, 2.75) is 193 Å². The highest BCUT2D eigenvalue weighted by Gasteiger charge is 2.33. The fourth-order valence-corrected chi connectivity index (χ4v) is 11.6. The average Bonchev–Trinajstić information content (AvgIpc) is 3.20. The van der Waals surface area contributed by atoms with Gasteiger partial charge in [-0.2, -0.15) is 0 Å². The maximum atomic E-state index is 15.2. The van der Waals surface area contributed by atoms with E-state index in [9.17, 15) is 0 Å². The first-order valence-electron chi connectivity index (χ1n) is 23.1. The fraction of sp³-hybridized carbons (Fsp3) is 0.760. The van der Waals surface area contributed by atoms with Gasteiger partial charge in [0.05, 0.1) is 13.2 Å². The number of benzene rings is 2. The summed E-state index contributed by atoms with van der Waals surface area (Å²) in [5.74, 6) is 6.44. The third kappa shape index (κ3) is 12.1. The van der Waals surface area contributed by atoms with Gasteiger partial charge < -0.3 is 4.74 Å². The van der Waals surface area contributed by atoms with Crippen molar-refractivity contribution in [1.29, 1.82) is 0 Å². The third-order valence-electron chi connectivity index (χ3n) is 15.2. The maximum absolute atomic E-state index is 15.2. The lowest BCUT2D eigenvalue weighted by Gasteiger charge is -2.38. The van der Waals surface area contributed by atoms with Gasteiger partial charge in [-0.25, -0.2) is 8.78 Å². The molecule has 0 N–H and O–H groups in total. The second-order valence-corrected chi connectivity index (χ2v) is 18.6. The predicted molar refractivity (Wildman–Crippen MR) is 220 cm³/mol. The van der Waals surface area contributed by atoms with E-state index < -0.39 is 0 Å². The monoisotopic (exact) mass is 731 g/mol. The molecule has 0 aromatic heterocycles. The van der Waals surface area contributed by atoms with E-state index in [-0.39, 0.29) is 11.6 Å². The smallest absolute Gasteiger partial charge is 0.126 e. The minimum Gasteiger partial charge on any atom is -0.381 e. The van der Waals surface area contributed by atoms with Gasteiger partial charge in [-0.3, -0.25) is 0 Å². The topological polar surface area (TPSA) is 9.23 Å². The average molecular weight is 731 g/mol. The molecule has 0 bridgehead atoms. The molecule has 6 rings (SSSR count). The fourth-order valence-electron chi connectivity index (χ4n) is 11.6. The highest BCUT2D eigenvalue weighted by molar-refractivity contribution is 5.29. The first kappa shape index (κ1) is 40.9. The molecule has 0 radical (unpaired) electrons. The van der Waals surface area contributed by atoms with E-state index in [1.165, 1.54) is 165 Å². The van der Waals surface area contributed by atoms with Crippen LogP contribution in [0.3, 0.4) is 0 Å². The zero-order valence-corrected chi connectivity index (χ0v) is 34.0. The Labute approximate surface area is 324 Å². The number of hydrogen-bond donors (Lipinski definition) is 0. The summed E-state index contributed by atoms with van der Waals surface area (Å²) in [7, 11) is 0. The number of unbranched alkanes of at least 4 members (excludes halogenated alkanes) is 4. The molecule has 0 aliphatic heterocycles. The second-order valence-electron chi connectivity index (χ2n) is 18.6. The van der Waals surface area contributed by atoms with Gasteiger partial charge in [0.25, 0.3) is 0 Å². The molecule has 0 spiro atoms. The zero-order chi connectivity index (χ0) is 36.8. The van der Waals surface area contributed by atoms with Crippen molar-refractivity contribution in [2.24, 2.45) is 35.5 Å². The molecule has 1 nitrogen and oxygen atoms in total. The van der Waals surface area contributed by atoms with Crippen molar-refractivity contribution >= 4 is 0 Å². The van der Waals surface area contributed by atoms with Crippen molar-refractivity contribution in [1.82, 2.24) is 0 Å². The van der Waals surface area contributed by atoms with Crippen LogP contribution in [-0.4, -0.2) is 13.2 Å². The molecule has 2 aromatic rings. The van der Waals surface area contributed by atoms with Crippen LogP contribution in [0.2, 0.25) is 0 Å². The second kappa shape index (κ2) is 21.5. The van der Waals surface area contributed by atoms with E-state index in [0.717, 1.165) is 46.6 Å². The van der Waals surface area contributed by atoms with Gasteiger partial charge in [-0.1, -0.05) is 115 Å². The first-order chi connectivity index (χ1) is 26.0. The Kier molecular flexibility index (Phi) is 16.6. The Morgan fingerprint density at radius 3 is 1.17 bits per heavy atom. The summed E-state index contributed by atoms with van der Waals surface area (Å²) in [6.45, 7) is 5.54. The van der Waals surface area contributed by atoms with Crippen molar-refractivity contribution in [3.05, 3.63) is 70.3 Å². The molecular weight excluding hydrogens is 655 g/mol. The number of rotatable bonds is 18. The first-order valence-corrected chi connectivity index (χ1v) is 23.1. The standard InChI is InChI=1S/C50H76F2O/c1-3-5-7-9-37-11-15-39(16-12-37)41-19-23-43(24-20-41)47-29-27-45(49(51)35-47)31-33-53-34-32-46-28-30-48(36-50(46)52)44-25-21-42(22-26-44)40-17-13-38(14-18-40)10-8-6-4-2/h27-30,35-44H,3-26,31-34H2,1-2H3. The van der Waals surface area contributed by atoms with E-state index in [4.69, 9.17) is 4.74 Å². The normalized spacial score (nSPS) is 29.7. The minimum atomic E-state index is -0.0875. The van der Waals surface area contributed by atoms with E-state index in [1.54, 1.807) is 0 Å². The predicted octanol–water partition coefficient (Wildman–Crippen LogP) is 15.1. The Balaban J connectivity index is 0.849. The van der Waals surface area contributed by atoms with Gasteiger partial charge in [0.1, 0.15) is 11.6 Å². The zero-order valence-electron chi connectivity index (χ0n) is 34.0. The Bertz CT molecular complexity index is 1220. The highest BCUT2D eigenvalue weighted by atomic mass is 19.1. The van der Waals surface area contributed by atoms with E-state index in [2.05, 4.69) is 26.0 Å². The van der Waals surface area contributed by atoms with Gasteiger partial charge in [-0.05, 0) is 172 Å². The van der Waals surface area contributed by atoms with Gasteiger partial charge in [0.15, 0.2) is 0 Å². The van der Waals surface area contributed by atoms with Crippen molar-refractivity contribution in [3.63, 3.8) is 0 Å². The molecule has 4 fully saturated rings. The van der Waals surface area contributed by atoms with Gasteiger partial charge in [0, 0.05) is 0 Å². The summed E-state index contributed by atoms with van der Waals surface area (Å²) < 4.78 is 36.3. The summed E-state index contributed by atoms with van der Waals surface area (Å²) in [5, 5.41) is 0. The Hall–Kier alpha value is -1.74. The molecule has 0 amide bonds. The van der Waals surface area contributed by atoms with Crippen LogP contribution in [0.15, 0.2) is 36.4 Å². The third-order valence-corrected chi connectivity index (χ3v) is 15.2. The molecule has 4 aliphatic rings. The van der Waals surface area contributed by atoms with Crippen LogP contribution in [0.25, 0.3) is 0 Å². The minimum absolute atomic E-state index is 0.0875. The van der Waals surface area contributed by atoms with Crippen LogP contribution >= 0.6 is 0 Å². The molecule has 4 aliphatic carbocycles. The molecule has 53 heavy (non-hydrogen) atoms. The molecular formula is C50H76F2O. The summed E-state index contributed by atoms with van der Waals surface area (Å²) in [6, 6.07) is 12.0. The largest absolute Gasteiger partial charge is 0.381 e. The van der Waals surface area contributed by atoms with Gasteiger partial charge in [-0.15, -0.1) is 0 Å². The number of halogens is 2. The quantitative estimate of drug-likeness (QED) is 0.139. The van der Waals surface area contributed by atoms with Gasteiger partial charge >= 0.3 is 0 Å². The SMILES string of the molecule is CCCCCC1CCC(C2CCC(c3ccc(CCOCCc4ccc(C5CCC(C6CCC(CCCCC)CC6)CC5)cc4F)c(F)c3)CC2)CC1. The van der Waals surface area contributed by atoms with E-state index in [0.29, 0.717) is 37.9 Å². The summed E-state index contributed by atoms with van der Waals surface area (Å²) in [5.41, 5.74) is 3.84. The van der Waals surface area contributed by atoms with Crippen LogP contribution in [0.5, 0.6) is 0 Å². The molecule has 3 heteroatoms. The van der Waals surface area contributed by atoms with Crippen molar-refractivity contribution in [3.8, 4) is 0 Å². The molecule has 0 atom stereocenters.